The van der Waals surface area contributed by atoms with E-state index in [-0.39, 0.29) is 18.5 Å². The van der Waals surface area contributed by atoms with Gasteiger partial charge in [0, 0.05) is 12.8 Å². The number of aliphatic hydroxyl groups excluding tert-OH is 2. The molecular weight excluding hydrogens is 887 g/mol. The number of aliphatic hydroxyl groups is 2. The van der Waals surface area contributed by atoms with Gasteiger partial charge in [-0.05, 0) is 57.8 Å². The van der Waals surface area contributed by atoms with E-state index in [0.717, 1.165) is 57.8 Å². The monoisotopic (exact) mass is 1010 g/mol. The molecule has 6 nitrogen and oxygen atoms in total. The van der Waals surface area contributed by atoms with Crippen LogP contribution < -0.4 is 5.32 Å². The molecule has 0 aliphatic heterocycles. The first-order chi connectivity index (χ1) is 35.5. The van der Waals surface area contributed by atoms with E-state index >= 15 is 0 Å². The summed E-state index contributed by atoms with van der Waals surface area (Å²) in [5.74, 6) is -0.0759. The number of nitrogens with one attached hydrogen (secondary N) is 1. The van der Waals surface area contributed by atoms with Crippen molar-refractivity contribution in [3.63, 3.8) is 0 Å². The third-order valence-corrected chi connectivity index (χ3v) is 15.2. The molecule has 1 amide bonds. The Morgan fingerprint density at radius 2 is 0.653 bits per heavy atom. The van der Waals surface area contributed by atoms with Gasteiger partial charge in [0.25, 0.3) is 0 Å². The van der Waals surface area contributed by atoms with Crippen molar-refractivity contribution in [1.82, 2.24) is 5.32 Å². The van der Waals surface area contributed by atoms with Crippen LogP contribution in [0.1, 0.15) is 361 Å². The van der Waals surface area contributed by atoms with Crippen LogP contribution in [0.3, 0.4) is 0 Å². The summed E-state index contributed by atoms with van der Waals surface area (Å²) in [5.41, 5.74) is 0. The summed E-state index contributed by atoms with van der Waals surface area (Å²) in [5, 5.41) is 23.2. The summed E-state index contributed by atoms with van der Waals surface area (Å²) < 4.78 is 5.48. The fraction of sp³-hybridized carbons (Fsp3) is 0.909. The van der Waals surface area contributed by atoms with E-state index in [0.29, 0.717) is 19.4 Å². The largest absolute Gasteiger partial charge is 0.466 e. The number of ether oxygens (including phenoxy) is 1. The first-order valence-corrected chi connectivity index (χ1v) is 32.6. The molecule has 0 aromatic heterocycles. The lowest BCUT2D eigenvalue weighted by atomic mass is 10.0. The standard InChI is InChI=1S/C66H127NO5/c1-3-5-7-9-11-13-15-17-19-20-21-22-23-24-25-26-28-31-34-38-42-46-50-54-58-64(69)63(62-68)67-65(70)59-55-51-47-43-39-35-32-29-27-30-33-37-41-45-49-53-57-61-72-66(71)60-56-52-48-44-40-36-18-16-14-12-10-8-6-4-2/h27,30,54,58,63-64,68-69H,3-26,28-29,31-53,55-57,59-62H2,1-2H3,(H,67,70)/b30-27-,58-54+. The number of carbonyl (C=O) groups is 2. The summed E-state index contributed by atoms with van der Waals surface area (Å²) in [7, 11) is 0. The van der Waals surface area contributed by atoms with Gasteiger partial charge in [-0.1, -0.05) is 314 Å². The van der Waals surface area contributed by atoms with E-state index < -0.39 is 12.1 Å². The molecule has 0 aromatic rings. The zero-order valence-corrected chi connectivity index (χ0v) is 48.7. The van der Waals surface area contributed by atoms with Crippen LogP contribution >= 0.6 is 0 Å². The Morgan fingerprint density at radius 3 is 0.986 bits per heavy atom. The second-order valence-electron chi connectivity index (χ2n) is 22.5. The summed E-state index contributed by atoms with van der Waals surface area (Å²) in [6, 6.07) is -0.638. The Balaban J connectivity index is 3.47. The molecule has 2 atom stereocenters. The quantitative estimate of drug-likeness (QED) is 0.0320. The van der Waals surface area contributed by atoms with Crippen LogP contribution in [0.2, 0.25) is 0 Å². The number of hydrogen-bond donors (Lipinski definition) is 3. The number of carbonyl (C=O) groups excluding carboxylic acids is 2. The number of allylic oxidation sites excluding steroid dienone is 3. The van der Waals surface area contributed by atoms with Crippen LogP contribution in [-0.2, 0) is 14.3 Å². The van der Waals surface area contributed by atoms with Gasteiger partial charge in [-0.3, -0.25) is 9.59 Å². The van der Waals surface area contributed by atoms with Crippen molar-refractivity contribution in [2.75, 3.05) is 13.2 Å². The van der Waals surface area contributed by atoms with Gasteiger partial charge < -0.3 is 20.3 Å². The summed E-state index contributed by atoms with van der Waals surface area (Å²) in [4.78, 5) is 24.6. The van der Waals surface area contributed by atoms with Crippen molar-refractivity contribution in [1.29, 1.82) is 0 Å². The molecule has 0 heterocycles. The van der Waals surface area contributed by atoms with E-state index in [1.54, 1.807) is 6.08 Å². The number of unbranched alkanes of at least 4 members (excludes halogenated alkanes) is 48. The van der Waals surface area contributed by atoms with Gasteiger partial charge in [0.15, 0.2) is 0 Å². The Bertz CT molecular complexity index is 1120. The first-order valence-electron chi connectivity index (χ1n) is 32.6. The maximum atomic E-state index is 12.5. The van der Waals surface area contributed by atoms with Crippen molar-refractivity contribution < 1.29 is 24.5 Å². The smallest absolute Gasteiger partial charge is 0.305 e. The summed E-state index contributed by atoms with van der Waals surface area (Å²) in [6.45, 7) is 4.91. The molecule has 0 saturated heterocycles. The summed E-state index contributed by atoms with van der Waals surface area (Å²) in [6.07, 6.45) is 76.5. The Labute approximate surface area is 450 Å². The molecule has 0 fully saturated rings. The fourth-order valence-electron chi connectivity index (χ4n) is 10.2. The maximum absolute atomic E-state index is 12.5. The van der Waals surface area contributed by atoms with E-state index in [4.69, 9.17) is 4.74 Å². The van der Waals surface area contributed by atoms with Crippen LogP contribution in [0.5, 0.6) is 0 Å². The van der Waals surface area contributed by atoms with Crippen LogP contribution in [0.25, 0.3) is 0 Å². The molecule has 0 saturated carbocycles. The number of rotatable bonds is 61. The van der Waals surface area contributed by atoms with E-state index in [1.807, 2.05) is 6.08 Å². The van der Waals surface area contributed by atoms with Gasteiger partial charge in [0.05, 0.1) is 25.4 Å². The average Bonchev–Trinajstić information content (AvgIpc) is 3.38. The van der Waals surface area contributed by atoms with Gasteiger partial charge in [0.1, 0.15) is 0 Å². The van der Waals surface area contributed by atoms with Crippen molar-refractivity contribution in [2.45, 2.75) is 373 Å². The molecule has 0 aliphatic carbocycles. The Morgan fingerprint density at radius 1 is 0.375 bits per heavy atom. The van der Waals surface area contributed by atoms with E-state index in [1.165, 1.54) is 276 Å². The van der Waals surface area contributed by atoms with Crippen LogP contribution in [0, 0.1) is 0 Å². The molecule has 72 heavy (non-hydrogen) atoms. The zero-order valence-electron chi connectivity index (χ0n) is 48.7. The van der Waals surface area contributed by atoms with E-state index in [9.17, 15) is 19.8 Å². The van der Waals surface area contributed by atoms with Crippen molar-refractivity contribution >= 4 is 11.9 Å². The van der Waals surface area contributed by atoms with Crippen LogP contribution in [0.4, 0.5) is 0 Å². The second-order valence-corrected chi connectivity index (χ2v) is 22.5. The second kappa shape index (κ2) is 61.9. The highest BCUT2D eigenvalue weighted by atomic mass is 16.5. The highest BCUT2D eigenvalue weighted by molar-refractivity contribution is 5.76. The summed E-state index contributed by atoms with van der Waals surface area (Å²) >= 11 is 0. The predicted molar refractivity (Wildman–Crippen MR) is 315 cm³/mol. The predicted octanol–water partition coefficient (Wildman–Crippen LogP) is 20.6. The van der Waals surface area contributed by atoms with Gasteiger partial charge in [-0.2, -0.15) is 0 Å². The number of esters is 1. The third kappa shape index (κ3) is 57.6. The highest BCUT2D eigenvalue weighted by Gasteiger charge is 2.18. The van der Waals surface area contributed by atoms with Gasteiger partial charge >= 0.3 is 5.97 Å². The molecule has 0 spiro atoms. The molecule has 3 N–H and O–H groups in total. The fourth-order valence-corrected chi connectivity index (χ4v) is 10.2. The Hall–Kier alpha value is -1.66. The number of amides is 1. The lowest BCUT2D eigenvalue weighted by Gasteiger charge is -2.20. The molecule has 0 rings (SSSR count). The molecule has 426 valence electrons. The van der Waals surface area contributed by atoms with Crippen LogP contribution in [0.15, 0.2) is 24.3 Å². The van der Waals surface area contributed by atoms with E-state index in [2.05, 4.69) is 31.3 Å². The normalized spacial score (nSPS) is 12.7. The SMILES string of the molecule is CCCCCCCCCCCCCCCCCCCCCCCC/C=C/C(O)C(CO)NC(=O)CCCCCCCCC/C=C\CCCCCCCCOC(=O)CCCCCCCCCCCCCCCC. The highest BCUT2D eigenvalue weighted by Crippen LogP contribution is 2.18. The minimum atomic E-state index is -0.853. The molecule has 0 radical (unpaired) electrons. The zero-order chi connectivity index (χ0) is 52.2. The average molecular weight is 1010 g/mol. The third-order valence-electron chi connectivity index (χ3n) is 15.2. The topological polar surface area (TPSA) is 95.9 Å². The lowest BCUT2D eigenvalue weighted by molar-refractivity contribution is -0.143. The van der Waals surface area contributed by atoms with Crippen molar-refractivity contribution in [3.05, 3.63) is 24.3 Å². The first kappa shape index (κ1) is 70.3. The lowest BCUT2D eigenvalue weighted by Crippen LogP contribution is -2.45. The molecule has 2 unspecified atom stereocenters. The molecule has 6 heteroatoms. The van der Waals surface area contributed by atoms with Gasteiger partial charge in [-0.15, -0.1) is 0 Å². The molecule has 0 aromatic carbocycles. The van der Waals surface area contributed by atoms with Gasteiger partial charge in [0.2, 0.25) is 5.91 Å². The minimum Gasteiger partial charge on any atom is -0.466 e. The maximum Gasteiger partial charge on any atom is 0.305 e. The number of hydrogen-bond acceptors (Lipinski definition) is 5. The minimum absolute atomic E-state index is 0.000287. The van der Waals surface area contributed by atoms with Crippen molar-refractivity contribution in [3.8, 4) is 0 Å². The Kier molecular flexibility index (Phi) is 60.5. The molecule has 0 bridgehead atoms. The van der Waals surface area contributed by atoms with Crippen molar-refractivity contribution in [2.24, 2.45) is 0 Å². The van der Waals surface area contributed by atoms with Gasteiger partial charge in [-0.25, -0.2) is 0 Å². The molecule has 0 aliphatic rings. The molecular formula is C66H127NO5. The van der Waals surface area contributed by atoms with Crippen LogP contribution in [-0.4, -0.2) is 47.4 Å².